The van der Waals surface area contributed by atoms with Crippen LogP contribution in [0.4, 0.5) is 5.82 Å². The van der Waals surface area contributed by atoms with E-state index in [4.69, 9.17) is 9.84 Å². The normalized spacial score (nSPS) is 18.2. The third-order valence-electron chi connectivity index (χ3n) is 5.42. The number of likely N-dealkylation sites (tertiary alicyclic amines) is 1. The van der Waals surface area contributed by atoms with E-state index in [1.54, 1.807) is 0 Å². The number of benzene rings is 1. The molecule has 1 spiro atoms. The Morgan fingerprint density at radius 1 is 1.19 bits per heavy atom. The monoisotopic (exact) mass is 368 g/mol. The second kappa shape index (κ2) is 7.62. The fourth-order valence-corrected chi connectivity index (χ4v) is 3.66. The van der Waals surface area contributed by atoms with E-state index < -0.39 is 0 Å². The molecule has 2 saturated heterocycles. The van der Waals surface area contributed by atoms with Crippen LogP contribution in [0.15, 0.2) is 36.4 Å². The summed E-state index contributed by atoms with van der Waals surface area (Å²) in [4.78, 5) is 14.8. The van der Waals surface area contributed by atoms with Crippen molar-refractivity contribution in [2.24, 2.45) is 0 Å². The molecule has 0 unspecified atom stereocenters. The molecule has 0 aliphatic carbocycles. The minimum absolute atomic E-state index is 0.0390. The fourth-order valence-electron chi connectivity index (χ4n) is 3.66. The number of carbonyl (C=O) groups is 1. The number of nitrogens with one attached hydrogen (secondary N) is 1. The lowest BCUT2D eigenvalue weighted by Gasteiger charge is -2.47. The highest BCUT2D eigenvalue weighted by molar-refractivity contribution is 5.95. The number of piperidine rings is 1. The Hall–Kier alpha value is -2.51. The molecule has 142 valence electrons. The van der Waals surface area contributed by atoms with Gasteiger partial charge in [-0.1, -0.05) is 12.1 Å². The standard InChI is InChI=1S/C20H24N4O3/c25-12-9-21-18-5-4-17(22-23-18)15-2-1-3-16(14-15)19(26)24-10-6-20(7-11-24)8-13-27-20/h1-5,14,25H,6-13H2,(H,21,23). The molecule has 27 heavy (non-hydrogen) atoms. The number of ether oxygens (including phenoxy) is 1. The van der Waals surface area contributed by atoms with Crippen molar-refractivity contribution in [1.82, 2.24) is 15.1 Å². The predicted octanol–water partition coefficient (Wildman–Crippen LogP) is 1.94. The van der Waals surface area contributed by atoms with Crippen LogP contribution >= 0.6 is 0 Å². The first-order chi connectivity index (χ1) is 13.2. The van der Waals surface area contributed by atoms with Crippen molar-refractivity contribution >= 4 is 11.7 Å². The minimum atomic E-state index is 0.0390. The average Bonchev–Trinajstić information content (AvgIpc) is 2.71. The van der Waals surface area contributed by atoms with E-state index >= 15 is 0 Å². The number of aliphatic hydroxyl groups is 1. The first-order valence-electron chi connectivity index (χ1n) is 9.41. The molecule has 1 aromatic heterocycles. The number of hydrogen-bond acceptors (Lipinski definition) is 6. The Morgan fingerprint density at radius 2 is 2.00 bits per heavy atom. The molecule has 4 rings (SSSR count). The van der Waals surface area contributed by atoms with E-state index in [1.807, 2.05) is 41.3 Å². The third kappa shape index (κ3) is 3.79. The number of anilines is 1. The van der Waals surface area contributed by atoms with Crippen LogP contribution in [0.25, 0.3) is 11.3 Å². The fraction of sp³-hybridized carbons (Fsp3) is 0.450. The van der Waals surface area contributed by atoms with Crippen molar-refractivity contribution in [2.45, 2.75) is 24.9 Å². The zero-order chi connectivity index (χ0) is 18.7. The highest BCUT2D eigenvalue weighted by atomic mass is 16.5. The number of carbonyl (C=O) groups excluding carboxylic acids is 1. The molecule has 2 aliphatic rings. The Labute approximate surface area is 158 Å². The van der Waals surface area contributed by atoms with Crippen LogP contribution in [-0.2, 0) is 4.74 Å². The van der Waals surface area contributed by atoms with Gasteiger partial charge in [0.1, 0.15) is 5.82 Å². The molecule has 1 aromatic carbocycles. The maximum absolute atomic E-state index is 12.9. The zero-order valence-electron chi connectivity index (χ0n) is 15.2. The third-order valence-corrected chi connectivity index (χ3v) is 5.42. The van der Waals surface area contributed by atoms with Gasteiger partial charge in [-0.2, -0.15) is 0 Å². The number of nitrogens with zero attached hydrogens (tertiary/aromatic N) is 3. The Kier molecular flexibility index (Phi) is 5.05. The molecule has 2 fully saturated rings. The van der Waals surface area contributed by atoms with Crippen LogP contribution in [0.2, 0.25) is 0 Å². The number of aromatic nitrogens is 2. The van der Waals surface area contributed by atoms with Gasteiger partial charge >= 0.3 is 0 Å². The summed E-state index contributed by atoms with van der Waals surface area (Å²) >= 11 is 0. The largest absolute Gasteiger partial charge is 0.395 e. The first kappa shape index (κ1) is 17.9. The molecule has 7 nitrogen and oxygen atoms in total. The molecule has 3 heterocycles. The molecule has 0 bridgehead atoms. The summed E-state index contributed by atoms with van der Waals surface area (Å²) in [7, 11) is 0. The Bertz CT molecular complexity index is 795. The van der Waals surface area contributed by atoms with Gasteiger partial charge in [-0.3, -0.25) is 4.79 Å². The molecule has 0 atom stereocenters. The number of rotatable bonds is 5. The summed E-state index contributed by atoms with van der Waals surface area (Å²) in [6.45, 7) is 2.81. The average molecular weight is 368 g/mol. The van der Waals surface area contributed by atoms with Gasteiger partial charge in [-0.25, -0.2) is 0 Å². The van der Waals surface area contributed by atoms with Crippen molar-refractivity contribution in [1.29, 1.82) is 0 Å². The van der Waals surface area contributed by atoms with Gasteiger partial charge in [-0.15, -0.1) is 10.2 Å². The topological polar surface area (TPSA) is 87.6 Å². The van der Waals surface area contributed by atoms with Crippen LogP contribution < -0.4 is 5.32 Å². The molecule has 7 heteroatoms. The van der Waals surface area contributed by atoms with Crippen LogP contribution in [-0.4, -0.2) is 64.6 Å². The van der Waals surface area contributed by atoms with E-state index in [1.165, 1.54) is 0 Å². The molecule has 2 aliphatic heterocycles. The number of aliphatic hydroxyl groups excluding tert-OH is 1. The van der Waals surface area contributed by atoms with Crippen LogP contribution in [0.5, 0.6) is 0 Å². The number of hydrogen-bond donors (Lipinski definition) is 2. The molecule has 1 amide bonds. The molecule has 2 aromatic rings. The zero-order valence-corrected chi connectivity index (χ0v) is 15.2. The van der Waals surface area contributed by atoms with Gasteiger partial charge in [0, 0.05) is 30.8 Å². The second-order valence-corrected chi connectivity index (χ2v) is 7.11. The highest BCUT2D eigenvalue weighted by Gasteiger charge is 2.42. The van der Waals surface area contributed by atoms with Crippen LogP contribution in [0.1, 0.15) is 29.6 Å². The minimum Gasteiger partial charge on any atom is -0.395 e. The van der Waals surface area contributed by atoms with E-state index in [9.17, 15) is 4.79 Å². The van der Waals surface area contributed by atoms with E-state index in [2.05, 4.69) is 15.5 Å². The highest BCUT2D eigenvalue weighted by Crippen LogP contribution is 2.37. The van der Waals surface area contributed by atoms with Crippen LogP contribution in [0, 0.1) is 0 Å². The van der Waals surface area contributed by atoms with E-state index in [0.717, 1.165) is 44.5 Å². The van der Waals surface area contributed by atoms with Crippen molar-refractivity contribution in [3.05, 3.63) is 42.0 Å². The summed E-state index contributed by atoms with van der Waals surface area (Å²) < 4.78 is 5.73. The summed E-state index contributed by atoms with van der Waals surface area (Å²) in [5, 5.41) is 20.1. The Morgan fingerprint density at radius 3 is 2.63 bits per heavy atom. The molecule has 0 saturated carbocycles. The summed E-state index contributed by atoms with van der Waals surface area (Å²) in [5.74, 6) is 0.667. The summed E-state index contributed by atoms with van der Waals surface area (Å²) in [6, 6.07) is 11.2. The SMILES string of the molecule is O=C(c1cccc(-c2ccc(NCCO)nn2)c1)N1CCC2(CCO2)CC1. The Balaban J connectivity index is 1.45. The van der Waals surface area contributed by atoms with Gasteiger partial charge in [0.05, 0.1) is 24.5 Å². The maximum Gasteiger partial charge on any atom is 0.253 e. The van der Waals surface area contributed by atoms with E-state index in [-0.39, 0.29) is 18.1 Å². The van der Waals surface area contributed by atoms with Crippen molar-refractivity contribution in [2.75, 3.05) is 38.2 Å². The van der Waals surface area contributed by atoms with E-state index in [0.29, 0.717) is 23.6 Å². The van der Waals surface area contributed by atoms with Crippen molar-refractivity contribution in [3.8, 4) is 11.3 Å². The van der Waals surface area contributed by atoms with Crippen LogP contribution in [0.3, 0.4) is 0 Å². The number of amides is 1. The summed E-state index contributed by atoms with van der Waals surface area (Å²) in [5.41, 5.74) is 2.28. The van der Waals surface area contributed by atoms with Gasteiger partial charge < -0.3 is 20.1 Å². The molecule has 0 radical (unpaired) electrons. The van der Waals surface area contributed by atoms with Gasteiger partial charge in [0.25, 0.3) is 5.91 Å². The first-order valence-corrected chi connectivity index (χ1v) is 9.41. The van der Waals surface area contributed by atoms with Gasteiger partial charge in [0.15, 0.2) is 0 Å². The molecular formula is C20H24N4O3. The predicted molar refractivity (Wildman–Crippen MR) is 101 cm³/mol. The maximum atomic E-state index is 12.9. The quantitative estimate of drug-likeness (QED) is 0.839. The second-order valence-electron chi connectivity index (χ2n) is 7.11. The van der Waals surface area contributed by atoms with Crippen molar-refractivity contribution < 1.29 is 14.6 Å². The lowest BCUT2D eigenvalue weighted by molar-refractivity contribution is -0.169. The smallest absolute Gasteiger partial charge is 0.253 e. The molecule has 2 N–H and O–H groups in total. The lowest BCUT2D eigenvalue weighted by Crippen LogP contribution is -2.53. The van der Waals surface area contributed by atoms with Crippen molar-refractivity contribution in [3.63, 3.8) is 0 Å². The summed E-state index contributed by atoms with van der Waals surface area (Å²) in [6.07, 6.45) is 2.96. The van der Waals surface area contributed by atoms with Gasteiger partial charge in [0.2, 0.25) is 0 Å². The van der Waals surface area contributed by atoms with Gasteiger partial charge in [-0.05, 0) is 43.5 Å². The molecular weight excluding hydrogens is 344 g/mol. The lowest BCUT2D eigenvalue weighted by atomic mass is 9.84.